The second kappa shape index (κ2) is 8.84. The summed E-state index contributed by atoms with van der Waals surface area (Å²) in [6, 6.07) is 12.3. The summed E-state index contributed by atoms with van der Waals surface area (Å²) in [6.07, 6.45) is 0. The number of anilines is 1. The van der Waals surface area contributed by atoms with Crippen LogP contribution in [-0.2, 0) is 10.0 Å². The largest absolute Gasteiger partial charge is 0.493 e. The van der Waals surface area contributed by atoms with Gasteiger partial charge in [0.2, 0.25) is 5.88 Å². The molecule has 3 aromatic carbocycles. The minimum absolute atomic E-state index is 0.134. The zero-order valence-electron chi connectivity index (χ0n) is 19.4. The van der Waals surface area contributed by atoms with Crippen LogP contribution in [0, 0.1) is 37.8 Å². The third-order valence-corrected chi connectivity index (χ3v) is 6.90. The molecule has 0 amide bonds. The Morgan fingerprint density at radius 3 is 2.34 bits per heavy atom. The Morgan fingerprint density at radius 2 is 1.66 bits per heavy atom. The van der Waals surface area contributed by atoms with Crippen LogP contribution < -0.4 is 4.72 Å². The van der Waals surface area contributed by atoms with Gasteiger partial charge in [-0.25, -0.2) is 8.42 Å². The lowest BCUT2D eigenvalue weighted by Gasteiger charge is -2.11. The van der Waals surface area contributed by atoms with E-state index in [1.54, 1.807) is 19.1 Å². The minimum Gasteiger partial charge on any atom is -0.493 e. The van der Waals surface area contributed by atoms with Gasteiger partial charge in [-0.1, -0.05) is 29.3 Å². The maximum absolute atomic E-state index is 12.9. The van der Waals surface area contributed by atoms with Gasteiger partial charge in [-0.3, -0.25) is 14.8 Å². The zero-order chi connectivity index (χ0) is 25.5. The molecule has 0 radical (unpaired) electrons. The molecule has 0 saturated carbocycles. The molecule has 0 saturated heterocycles. The monoisotopic (exact) mass is 493 g/mol. The topological polar surface area (TPSA) is 150 Å². The van der Waals surface area contributed by atoms with Crippen molar-refractivity contribution in [2.45, 2.75) is 32.6 Å². The van der Waals surface area contributed by atoms with E-state index >= 15 is 0 Å². The van der Waals surface area contributed by atoms with Crippen LogP contribution >= 0.6 is 0 Å². The number of H-pyrrole nitrogens is 1. The third-order valence-electron chi connectivity index (χ3n) is 5.54. The van der Waals surface area contributed by atoms with E-state index in [0.717, 1.165) is 28.3 Å². The van der Waals surface area contributed by atoms with Gasteiger partial charge in [-0.2, -0.15) is 0 Å². The van der Waals surface area contributed by atoms with Crippen LogP contribution in [0.4, 0.5) is 22.7 Å². The number of fused-ring (bicyclic) bond motifs is 1. The fraction of sp³-hybridized carbons (Fsp3) is 0.167. The van der Waals surface area contributed by atoms with Crippen molar-refractivity contribution in [2.75, 3.05) is 4.72 Å². The number of aromatic hydroxyl groups is 1. The standard InChI is InChI=1S/C24H23N5O5S/c1-13-5-7-19(15(3)9-13)28-35(33,34)17-6-8-20(21(12-17)29(31)32)26-27-23-18-11-14(2)10-16(4)22(18)25-24(23)30/h5-12,25,28,30H,1-4H3. The summed E-state index contributed by atoms with van der Waals surface area (Å²) in [7, 11) is -4.10. The van der Waals surface area contributed by atoms with E-state index in [-0.39, 0.29) is 22.2 Å². The molecular weight excluding hydrogens is 470 g/mol. The van der Waals surface area contributed by atoms with Crippen molar-refractivity contribution in [3.8, 4) is 5.88 Å². The number of aromatic nitrogens is 1. The fourth-order valence-electron chi connectivity index (χ4n) is 3.86. The number of nitrogens with one attached hydrogen (secondary N) is 2. The quantitative estimate of drug-likeness (QED) is 0.165. The van der Waals surface area contributed by atoms with Crippen molar-refractivity contribution in [3.05, 3.63) is 80.9 Å². The normalized spacial score (nSPS) is 11.9. The molecule has 1 aromatic heterocycles. The fourth-order valence-corrected chi connectivity index (χ4v) is 5.01. The molecule has 4 rings (SSSR count). The second-order valence-corrected chi connectivity index (χ2v) is 10.0. The van der Waals surface area contributed by atoms with Crippen LogP contribution in [0.15, 0.2) is 63.7 Å². The van der Waals surface area contributed by atoms with Crippen LogP contribution in [0.25, 0.3) is 10.9 Å². The van der Waals surface area contributed by atoms with Gasteiger partial charge in [0.15, 0.2) is 11.4 Å². The molecule has 0 bridgehead atoms. The third kappa shape index (κ3) is 4.71. The van der Waals surface area contributed by atoms with E-state index in [0.29, 0.717) is 16.6 Å². The molecule has 180 valence electrons. The molecule has 3 N–H and O–H groups in total. The molecule has 0 aliphatic heterocycles. The van der Waals surface area contributed by atoms with E-state index < -0.39 is 20.6 Å². The summed E-state index contributed by atoms with van der Waals surface area (Å²) in [5, 5.41) is 30.6. The Morgan fingerprint density at radius 1 is 0.943 bits per heavy atom. The first-order chi connectivity index (χ1) is 16.5. The first-order valence-electron chi connectivity index (χ1n) is 10.6. The van der Waals surface area contributed by atoms with Crippen molar-refractivity contribution in [2.24, 2.45) is 10.2 Å². The number of rotatable bonds is 6. The lowest BCUT2D eigenvalue weighted by Crippen LogP contribution is -2.14. The number of aromatic amines is 1. The maximum atomic E-state index is 12.9. The lowest BCUT2D eigenvalue weighted by molar-refractivity contribution is -0.384. The Hall–Kier alpha value is -4.25. The summed E-state index contributed by atoms with van der Waals surface area (Å²) in [6.45, 7) is 7.43. The second-order valence-electron chi connectivity index (χ2n) is 8.36. The first kappa shape index (κ1) is 23.9. The Labute approximate surface area is 201 Å². The highest BCUT2D eigenvalue weighted by molar-refractivity contribution is 7.92. The van der Waals surface area contributed by atoms with Gasteiger partial charge in [0.1, 0.15) is 0 Å². The lowest BCUT2D eigenvalue weighted by atomic mass is 10.1. The predicted octanol–water partition coefficient (Wildman–Crippen LogP) is 6.23. The molecule has 0 atom stereocenters. The SMILES string of the molecule is Cc1ccc(NS(=O)(=O)c2ccc(N=Nc3c(O)[nH]c4c(C)cc(C)cc34)c([N+](=O)[O-])c2)c(C)c1. The molecule has 0 unspecified atom stereocenters. The van der Waals surface area contributed by atoms with Gasteiger partial charge in [-0.15, -0.1) is 10.2 Å². The van der Waals surface area contributed by atoms with E-state index in [1.807, 2.05) is 39.0 Å². The molecule has 10 nitrogen and oxygen atoms in total. The molecular formula is C24H23N5O5S. The molecule has 35 heavy (non-hydrogen) atoms. The molecule has 11 heteroatoms. The highest BCUT2D eigenvalue weighted by atomic mass is 32.2. The van der Waals surface area contributed by atoms with Gasteiger partial charge in [-0.05, 0) is 63.1 Å². The highest BCUT2D eigenvalue weighted by Gasteiger charge is 2.23. The van der Waals surface area contributed by atoms with E-state index in [2.05, 4.69) is 19.9 Å². The molecule has 0 aliphatic carbocycles. The summed E-state index contributed by atoms with van der Waals surface area (Å²) >= 11 is 0. The number of nitro groups is 1. The summed E-state index contributed by atoms with van der Waals surface area (Å²) in [5.74, 6) is -0.225. The van der Waals surface area contributed by atoms with Crippen molar-refractivity contribution >= 4 is 43.7 Å². The number of azo groups is 1. The number of aryl methyl sites for hydroxylation is 4. The van der Waals surface area contributed by atoms with Crippen LogP contribution in [-0.4, -0.2) is 23.4 Å². The van der Waals surface area contributed by atoms with E-state index in [1.165, 1.54) is 12.1 Å². The maximum Gasteiger partial charge on any atom is 0.298 e. The number of nitrogens with zero attached hydrogens (tertiary/aromatic N) is 3. The van der Waals surface area contributed by atoms with Crippen LogP contribution in [0.5, 0.6) is 5.88 Å². The molecule has 0 aliphatic rings. The summed E-state index contributed by atoms with van der Waals surface area (Å²) < 4.78 is 28.3. The Kier molecular flexibility index (Phi) is 6.03. The van der Waals surface area contributed by atoms with E-state index in [9.17, 15) is 23.6 Å². The van der Waals surface area contributed by atoms with Gasteiger partial charge in [0.25, 0.3) is 15.7 Å². The highest BCUT2D eigenvalue weighted by Crippen LogP contribution is 2.39. The number of hydrogen-bond acceptors (Lipinski definition) is 7. The van der Waals surface area contributed by atoms with Crippen molar-refractivity contribution in [1.29, 1.82) is 0 Å². The predicted molar refractivity (Wildman–Crippen MR) is 133 cm³/mol. The van der Waals surface area contributed by atoms with E-state index in [4.69, 9.17) is 0 Å². The average Bonchev–Trinajstić information content (AvgIpc) is 3.09. The Balaban J connectivity index is 1.72. The Bertz CT molecular complexity index is 1620. The first-order valence-corrected chi connectivity index (χ1v) is 12.1. The van der Waals surface area contributed by atoms with Crippen LogP contribution in [0.2, 0.25) is 0 Å². The van der Waals surface area contributed by atoms with Gasteiger partial charge >= 0.3 is 0 Å². The van der Waals surface area contributed by atoms with Gasteiger partial charge in [0.05, 0.1) is 21.0 Å². The molecule has 0 fully saturated rings. The number of benzene rings is 3. The van der Waals surface area contributed by atoms with Crippen LogP contribution in [0.1, 0.15) is 22.3 Å². The van der Waals surface area contributed by atoms with Gasteiger partial charge in [0, 0.05) is 11.5 Å². The van der Waals surface area contributed by atoms with Gasteiger partial charge < -0.3 is 10.1 Å². The molecule has 0 spiro atoms. The minimum atomic E-state index is -4.10. The van der Waals surface area contributed by atoms with Crippen molar-refractivity contribution < 1.29 is 18.4 Å². The molecule has 4 aromatic rings. The number of hydrogen-bond donors (Lipinski definition) is 3. The van der Waals surface area contributed by atoms with Crippen molar-refractivity contribution in [1.82, 2.24) is 4.98 Å². The summed E-state index contributed by atoms with van der Waals surface area (Å²) in [4.78, 5) is 13.5. The smallest absolute Gasteiger partial charge is 0.298 e. The van der Waals surface area contributed by atoms with Crippen LogP contribution in [0.3, 0.4) is 0 Å². The average molecular weight is 494 g/mol. The zero-order valence-corrected chi connectivity index (χ0v) is 20.3. The van der Waals surface area contributed by atoms with Crippen molar-refractivity contribution in [3.63, 3.8) is 0 Å². The number of sulfonamides is 1. The number of nitro benzene ring substituents is 1. The summed E-state index contributed by atoms with van der Waals surface area (Å²) in [5.41, 5.74) is 4.03. The molecule has 1 heterocycles.